The Morgan fingerprint density at radius 3 is 2.81 bits per heavy atom. The van der Waals surface area contributed by atoms with Crippen LogP contribution >= 0.6 is 31.9 Å². The third kappa shape index (κ3) is 2.72. The topological polar surface area (TPSA) is 48.9 Å². The van der Waals surface area contributed by atoms with Gasteiger partial charge in [-0.15, -0.1) is 0 Å². The van der Waals surface area contributed by atoms with E-state index in [4.69, 9.17) is 0 Å². The minimum atomic E-state index is -0.556. The average molecular weight is 346 g/mol. The zero-order chi connectivity index (χ0) is 11.5. The molecule has 2 rings (SSSR count). The molecule has 0 saturated carbocycles. The van der Waals surface area contributed by atoms with E-state index in [1.165, 1.54) is 0 Å². The molecular formula is C11H10Br2N2O. The maximum absolute atomic E-state index is 9.95. The zero-order valence-electron chi connectivity index (χ0n) is 8.32. The van der Waals surface area contributed by atoms with Crippen LogP contribution in [0.15, 0.2) is 39.7 Å². The Bertz CT molecular complexity index is 471. The molecule has 1 unspecified atom stereocenters. The smallest absolute Gasteiger partial charge is 0.0994 e. The molecule has 0 radical (unpaired) electrons. The van der Waals surface area contributed by atoms with E-state index in [1.807, 2.05) is 18.2 Å². The molecule has 5 heteroatoms. The average Bonchev–Trinajstić information content (AvgIpc) is 2.75. The van der Waals surface area contributed by atoms with Crippen molar-refractivity contribution in [3.05, 3.63) is 50.9 Å². The van der Waals surface area contributed by atoms with Crippen LogP contribution in [0.3, 0.4) is 0 Å². The van der Waals surface area contributed by atoms with Crippen molar-refractivity contribution in [3.63, 3.8) is 0 Å². The molecule has 1 heterocycles. The molecule has 2 aromatic rings. The van der Waals surface area contributed by atoms with Crippen LogP contribution in [0.5, 0.6) is 0 Å². The molecule has 3 nitrogen and oxygen atoms in total. The summed E-state index contributed by atoms with van der Waals surface area (Å²) in [5.74, 6) is 0. The summed E-state index contributed by atoms with van der Waals surface area (Å²) >= 11 is 6.86. The minimum Gasteiger partial charge on any atom is -0.386 e. The van der Waals surface area contributed by atoms with Gasteiger partial charge in [0.2, 0.25) is 0 Å². The minimum absolute atomic E-state index is 0.552. The lowest BCUT2D eigenvalue weighted by Crippen LogP contribution is -2.02. The Labute approximate surface area is 110 Å². The van der Waals surface area contributed by atoms with Crippen LogP contribution in [-0.4, -0.2) is 15.1 Å². The zero-order valence-corrected chi connectivity index (χ0v) is 11.5. The van der Waals surface area contributed by atoms with Crippen molar-refractivity contribution in [2.75, 3.05) is 0 Å². The Balaban J connectivity index is 2.15. The molecule has 0 bridgehead atoms. The molecule has 84 valence electrons. The quantitative estimate of drug-likeness (QED) is 0.897. The number of aliphatic hydroxyl groups excluding tert-OH is 1. The van der Waals surface area contributed by atoms with E-state index < -0.39 is 6.10 Å². The highest BCUT2D eigenvalue weighted by Crippen LogP contribution is 2.25. The van der Waals surface area contributed by atoms with E-state index in [1.54, 1.807) is 12.5 Å². The molecule has 1 aromatic heterocycles. The van der Waals surface area contributed by atoms with Gasteiger partial charge < -0.3 is 10.1 Å². The number of aromatic amines is 1. The second-order valence-electron chi connectivity index (χ2n) is 3.46. The van der Waals surface area contributed by atoms with Crippen LogP contribution in [0.1, 0.15) is 17.4 Å². The second kappa shape index (κ2) is 5.12. The van der Waals surface area contributed by atoms with Gasteiger partial charge in [0.15, 0.2) is 0 Å². The van der Waals surface area contributed by atoms with Crippen LogP contribution < -0.4 is 0 Å². The summed E-state index contributed by atoms with van der Waals surface area (Å²) in [6.45, 7) is 0. The Hall–Kier alpha value is -0.650. The highest BCUT2D eigenvalue weighted by Gasteiger charge is 2.11. The molecule has 1 atom stereocenters. The van der Waals surface area contributed by atoms with Crippen LogP contribution in [-0.2, 0) is 6.42 Å². The van der Waals surface area contributed by atoms with Crippen molar-refractivity contribution < 1.29 is 5.11 Å². The number of halogens is 2. The first-order valence-electron chi connectivity index (χ1n) is 4.77. The predicted molar refractivity (Wildman–Crippen MR) is 69.1 cm³/mol. The monoisotopic (exact) mass is 344 g/mol. The summed E-state index contributed by atoms with van der Waals surface area (Å²) < 4.78 is 2.00. The standard InChI is InChI=1S/C11H10Br2N2O/c12-8-2-1-7(9(13)4-8)3-11(16)10-5-14-6-15-10/h1-2,4-6,11,16H,3H2,(H,14,15). The second-order valence-corrected chi connectivity index (χ2v) is 5.23. The molecule has 0 saturated heterocycles. The van der Waals surface area contributed by atoms with E-state index in [9.17, 15) is 5.11 Å². The predicted octanol–water partition coefficient (Wildman–Crippen LogP) is 3.21. The van der Waals surface area contributed by atoms with Gasteiger partial charge in [-0.05, 0) is 17.7 Å². The number of imidazole rings is 1. The SMILES string of the molecule is OC(Cc1ccc(Br)cc1Br)c1cnc[nH]1. The fourth-order valence-corrected chi connectivity index (χ4v) is 2.66. The Morgan fingerprint density at radius 2 is 2.19 bits per heavy atom. The summed E-state index contributed by atoms with van der Waals surface area (Å²) in [5, 5.41) is 9.95. The van der Waals surface area contributed by atoms with E-state index in [0.29, 0.717) is 6.42 Å². The molecule has 2 N–H and O–H groups in total. The lowest BCUT2D eigenvalue weighted by molar-refractivity contribution is 0.174. The lowest BCUT2D eigenvalue weighted by atomic mass is 10.1. The van der Waals surface area contributed by atoms with Crippen LogP contribution in [0, 0.1) is 0 Å². The van der Waals surface area contributed by atoms with Crippen molar-refractivity contribution in [1.29, 1.82) is 0 Å². The number of hydrogen-bond donors (Lipinski definition) is 2. The molecule has 0 spiro atoms. The van der Waals surface area contributed by atoms with Gasteiger partial charge in [0, 0.05) is 15.4 Å². The van der Waals surface area contributed by atoms with Crippen molar-refractivity contribution >= 4 is 31.9 Å². The van der Waals surface area contributed by atoms with Gasteiger partial charge in [-0.2, -0.15) is 0 Å². The normalized spacial score (nSPS) is 12.7. The summed E-state index contributed by atoms with van der Waals surface area (Å²) in [6, 6.07) is 5.91. The number of nitrogens with one attached hydrogen (secondary N) is 1. The van der Waals surface area contributed by atoms with Crippen LogP contribution in [0.2, 0.25) is 0 Å². The summed E-state index contributed by atoms with van der Waals surface area (Å²) in [6.07, 6.45) is 3.20. The van der Waals surface area contributed by atoms with Crippen molar-refractivity contribution in [2.45, 2.75) is 12.5 Å². The molecule has 0 aliphatic rings. The summed E-state index contributed by atoms with van der Waals surface area (Å²) in [7, 11) is 0. The third-order valence-electron chi connectivity index (χ3n) is 2.31. The largest absolute Gasteiger partial charge is 0.386 e. The first-order valence-corrected chi connectivity index (χ1v) is 6.35. The van der Waals surface area contributed by atoms with Crippen molar-refractivity contribution in [2.24, 2.45) is 0 Å². The van der Waals surface area contributed by atoms with Crippen LogP contribution in [0.4, 0.5) is 0 Å². The number of hydrogen-bond acceptors (Lipinski definition) is 2. The Kier molecular flexibility index (Phi) is 3.78. The van der Waals surface area contributed by atoms with E-state index >= 15 is 0 Å². The maximum atomic E-state index is 9.95. The summed E-state index contributed by atoms with van der Waals surface area (Å²) in [4.78, 5) is 6.79. The Morgan fingerprint density at radius 1 is 1.38 bits per heavy atom. The highest BCUT2D eigenvalue weighted by molar-refractivity contribution is 9.11. The van der Waals surface area contributed by atoms with Crippen molar-refractivity contribution in [3.8, 4) is 0 Å². The van der Waals surface area contributed by atoms with E-state index in [2.05, 4.69) is 41.8 Å². The number of H-pyrrole nitrogens is 1. The van der Waals surface area contributed by atoms with Crippen LogP contribution in [0.25, 0.3) is 0 Å². The highest BCUT2D eigenvalue weighted by atomic mass is 79.9. The fraction of sp³-hybridized carbons (Fsp3) is 0.182. The number of nitrogens with zero attached hydrogens (tertiary/aromatic N) is 1. The molecule has 0 aliphatic carbocycles. The molecule has 1 aromatic carbocycles. The van der Waals surface area contributed by atoms with Gasteiger partial charge in [-0.25, -0.2) is 4.98 Å². The number of aromatic nitrogens is 2. The first-order chi connectivity index (χ1) is 7.66. The number of rotatable bonds is 3. The van der Waals surface area contributed by atoms with Gasteiger partial charge in [0.1, 0.15) is 0 Å². The first kappa shape index (κ1) is 11.8. The van der Waals surface area contributed by atoms with E-state index in [-0.39, 0.29) is 0 Å². The molecule has 0 aliphatic heterocycles. The fourth-order valence-electron chi connectivity index (χ4n) is 1.45. The maximum Gasteiger partial charge on any atom is 0.0994 e. The molecular weight excluding hydrogens is 336 g/mol. The molecule has 16 heavy (non-hydrogen) atoms. The molecule has 0 amide bonds. The van der Waals surface area contributed by atoms with Gasteiger partial charge in [-0.1, -0.05) is 37.9 Å². The number of benzene rings is 1. The van der Waals surface area contributed by atoms with Gasteiger partial charge >= 0.3 is 0 Å². The summed E-state index contributed by atoms with van der Waals surface area (Å²) in [5.41, 5.74) is 1.79. The molecule has 0 fully saturated rings. The van der Waals surface area contributed by atoms with Gasteiger partial charge in [0.05, 0.1) is 24.3 Å². The number of aliphatic hydroxyl groups is 1. The van der Waals surface area contributed by atoms with Crippen molar-refractivity contribution in [1.82, 2.24) is 9.97 Å². The van der Waals surface area contributed by atoms with Gasteiger partial charge in [0.25, 0.3) is 0 Å². The van der Waals surface area contributed by atoms with Gasteiger partial charge in [-0.3, -0.25) is 0 Å². The third-order valence-corrected chi connectivity index (χ3v) is 3.54. The lowest BCUT2D eigenvalue weighted by Gasteiger charge is -2.10. The van der Waals surface area contributed by atoms with E-state index in [0.717, 1.165) is 20.2 Å².